The summed E-state index contributed by atoms with van der Waals surface area (Å²) in [5.41, 5.74) is 2.00. The molecule has 0 saturated heterocycles. The smallest absolute Gasteiger partial charge is 0.103 e. The molecular formula is C15H20N4O2. The molecule has 21 heavy (non-hydrogen) atoms. The van der Waals surface area contributed by atoms with E-state index in [0.29, 0.717) is 6.04 Å². The number of nitrogens with one attached hydrogen (secondary N) is 1. The fraction of sp³-hybridized carbons (Fsp3) is 0.467. The summed E-state index contributed by atoms with van der Waals surface area (Å²) in [4.78, 5) is 1.59. The molecule has 3 unspecified atom stereocenters. The first kappa shape index (κ1) is 14.0. The molecule has 3 rings (SSSR count). The van der Waals surface area contributed by atoms with E-state index in [1.54, 1.807) is 24.3 Å². The highest BCUT2D eigenvalue weighted by Crippen LogP contribution is 2.30. The second-order valence-electron chi connectivity index (χ2n) is 5.05. The van der Waals surface area contributed by atoms with Crippen LogP contribution >= 0.6 is 0 Å². The van der Waals surface area contributed by atoms with Gasteiger partial charge in [0.1, 0.15) is 6.10 Å². The Kier molecular flexibility index (Phi) is 4.17. The van der Waals surface area contributed by atoms with Crippen LogP contribution in [0.3, 0.4) is 0 Å². The van der Waals surface area contributed by atoms with E-state index in [2.05, 4.69) is 15.5 Å². The molecule has 2 aromatic rings. The largest absolute Gasteiger partial charge is 0.379 e. The van der Waals surface area contributed by atoms with Crippen molar-refractivity contribution < 1.29 is 9.47 Å². The van der Waals surface area contributed by atoms with Gasteiger partial charge in [-0.25, -0.2) is 0 Å². The first-order valence-corrected chi connectivity index (χ1v) is 7.19. The van der Waals surface area contributed by atoms with Crippen molar-refractivity contribution in [3.05, 3.63) is 36.7 Å². The molecule has 3 atom stereocenters. The van der Waals surface area contributed by atoms with Crippen molar-refractivity contribution in [1.82, 2.24) is 15.0 Å². The highest BCUT2D eigenvalue weighted by Gasteiger charge is 2.42. The molecule has 1 aromatic carbocycles. The van der Waals surface area contributed by atoms with Gasteiger partial charge in [-0.2, -0.15) is 15.0 Å². The van der Waals surface area contributed by atoms with E-state index < -0.39 is 0 Å². The zero-order valence-corrected chi connectivity index (χ0v) is 12.3. The lowest BCUT2D eigenvalue weighted by molar-refractivity contribution is -0.118. The quantitative estimate of drug-likeness (QED) is 0.879. The Morgan fingerprint density at radius 2 is 1.95 bits per heavy atom. The van der Waals surface area contributed by atoms with E-state index in [0.717, 1.165) is 24.4 Å². The minimum Gasteiger partial charge on any atom is -0.379 e. The van der Waals surface area contributed by atoms with Gasteiger partial charge in [-0.15, -0.1) is 0 Å². The van der Waals surface area contributed by atoms with Crippen LogP contribution in [0.15, 0.2) is 36.7 Å². The third-order valence-electron chi connectivity index (χ3n) is 3.77. The predicted molar refractivity (Wildman–Crippen MR) is 79.6 cm³/mol. The third-order valence-corrected chi connectivity index (χ3v) is 3.77. The van der Waals surface area contributed by atoms with Gasteiger partial charge in [-0.1, -0.05) is 0 Å². The molecule has 1 heterocycles. The molecule has 1 aromatic heterocycles. The molecule has 1 fully saturated rings. The van der Waals surface area contributed by atoms with Crippen molar-refractivity contribution in [1.29, 1.82) is 0 Å². The van der Waals surface area contributed by atoms with E-state index in [9.17, 15) is 0 Å². The van der Waals surface area contributed by atoms with Crippen molar-refractivity contribution in [3.8, 4) is 5.69 Å². The second-order valence-corrected chi connectivity index (χ2v) is 5.05. The zero-order chi connectivity index (χ0) is 14.7. The number of aromatic nitrogens is 3. The van der Waals surface area contributed by atoms with E-state index >= 15 is 0 Å². The summed E-state index contributed by atoms with van der Waals surface area (Å²) < 4.78 is 11.1. The Hall–Kier alpha value is -1.92. The normalized spacial score (nSPS) is 24.6. The minimum atomic E-state index is 0.109. The molecule has 6 heteroatoms. The summed E-state index contributed by atoms with van der Waals surface area (Å²) in [6, 6.07) is 8.32. The fourth-order valence-corrected chi connectivity index (χ4v) is 2.67. The maximum atomic E-state index is 5.63. The molecule has 0 bridgehead atoms. The van der Waals surface area contributed by atoms with Gasteiger partial charge in [0, 0.05) is 19.4 Å². The molecular weight excluding hydrogens is 268 g/mol. The number of ether oxygens (including phenoxy) is 2. The first-order chi connectivity index (χ1) is 10.3. The van der Waals surface area contributed by atoms with Gasteiger partial charge in [-0.05, 0) is 37.6 Å². The maximum Gasteiger partial charge on any atom is 0.103 e. The van der Waals surface area contributed by atoms with Crippen molar-refractivity contribution in [2.75, 3.05) is 19.0 Å². The third kappa shape index (κ3) is 2.91. The van der Waals surface area contributed by atoms with Gasteiger partial charge in [0.2, 0.25) is 0 Å². The maximum absolute atomic E-state index is 5.63. The summed E-state index contributed by atoms with van der Waals surface area (Å²) in [6.07, 6.45) is 4.60. The van der Waals surface area contributed by atoms with E-state index in [-0.39, 0.29) is 12.2 Å². The van der Waals surface area contributed by atoms with Crippen LogP contribution in [0.2, 0.25) is 0 Å². The van der Waals surface area contributed by atoms with Gasteiger partial charge >= 0.3 is 0 Å². The van der Waals surface area contributed by atoms with E-state index in [1.165, 1.54) is 0 Å². The van der Waals surface area contributed by atoms with Gasteiger partial charge in [-0.3, -0.25) is 0 Å². The minimum absolute atomic E-state index is 0.109. The fourth-order valence-electron chi connectivity index (χ4n) is 2.67. The van der Waals surface area contributed by atoms with Crippen LogP contribution in [0.4, 0.5) is 5.69 Å². The molecule has 6 nitrogen and oxygen atoms in total. The molecule has 1 aliphatic rings. The molecule has 0 aliphatic heterocycles. The number of hydrogen-bond acceptors (Lipinski definition) is 5. The Labute approximate surface area is 124 Å². The SMILES string of the molecule is CCOC1CC(Nc2ccc(-n3nccn3)cc2)C1OC. The zero-order valence-electron chi connectivity index (χ0n) is 12.3. The lowest BCUT2D eigenvalue weighted by atomic mass is 9.85. The van der Waals surface area contributed by atoms with Crippen LogP contribution in [0.25, 0.3) is 5.69 Å². The van der Waals surface area contributed by atoms with Crippen LogP contribution in [0.1, 0.15) is 13.3 Å². The summed E-state index contributed by atoms with van der Waals surface area (Å²) in [5, 5.41) is 11.7. The summed E-state index contributed by atoms with van der Waals surface area (Å²) >= 11 is 0. The molecule has 0 radical (unpaired) electrons. The van der Waals surface area contributed by atoms with Crippen molar-refractivity contribution >= 4 is 5.69 Å². The van der Waals surface area contributed by atoms with E-state index in [1.807, 2.05) is 31.2 Å². The number of hydrogen-bond donors (Lipinski definition) is 1. The molecule has 1 saturated carbocycles. The lowest BCUT2D eigenvalue weighted by Gasteiger charge is -2.43. The number of anilines is 1. The van der Waals surface area contributed by atoms with Crippen molar-refractivity contribution in [3.63, 3.8) is 0 Å². The molecule has 112 valence electrons. The Bertz CT molecular complexity index is 556. The topological polar surface area (TPSA) is 61.2 Å². The Balaban J connectivity index is 1.61. The second kappa shape index (κ2) is 6.24. The summed E-state index contributed by atoms with van der Waals surface area (Å²) in [5.74, 6) is 0. The monoisotopic (exact) mass is 288 g/mol. The van der Waals surface area contributed by atoms with Gasteiger partial charge in [0.15, 0.2) is 0 Å². The lowest BCUT2D eigenvalue weighted by Crippen LogP contribution is -2.56. The number of nitrogens with zero attached hydrogens (tertiary/aromatic N) is 3. The number of rotatable bonds is 6. The summed E-state index contributed by atoms with van der Waals surface area (Å²) in [6.45, 7) is 2.73. The average molecular weight is 288 g/mol. The van der Waals surface area contributed by atoms with Crippen LogP contribution in [0.5, 0.6) is 0 Å². The highest BCUT2D eigenvalue weighted by atomic mass is 16.5. The van der Waals surface area contributed by atoms with Crippen LogP contribution in [-0.2, 0) is 9.47 Å². The standard InChI is InChI=1S/C15H20N4O2/c1-3-21-14-10-13(15(14)20-2)18-11-4-6-12(7-5-11)19-16-8-9-17-19/h4-9,13-15,18H,3,10H2,1-2H3. The molecule has 0 spiro atoms. The summed E-state index contributed by atoms with van der Waals surface area (Å²) in [7, 11) is 1.73. The van der Waals surface area contributed by atoms with Crippen LogP contribution in [0, 0.1) is 0 Å². The van der Waals surface area contributed by atoms with E-state index in [4.69, 9.17) is 9.47 Å². The van der Waals surface area contributed by atoms with Crippen molar-refractivity contribution in [2.24, 2.45) is 0 Å². The van der Waals surface area contributed by atoms with Gasteiger partial charge < -0.3 is 14.8 Å². The van der Waals surface area contributed by atoms with Crippen LogP contribution < -0.4 is 5.32 Å². The Morgan fingerprint density at radius 1 is 1.24 bits per heavy atom. The first-order valence-electron chi connectivity index (χ1n) is 7.19. The predicted octanol–water partition coefficient (Wildman–Crippen LogP) is 1.87. The molecule has 1 aliphatic carbocycles. The number of methoxy groups -OCH3 is 1. The van der Waals surface area contributed by atoms with Gasteiger partial charge in [0.05, 0.1) is 30.2 Å². The average Bonchev–Trinajstić information content (AvgIpc) is 3.01. The van der Waals surface area contributed by atoms with Gasteiger partial charge in [0.25, 0.3) is 0 Å². The number of benzene rings is 1. The molecule has 0 amide bonds. The highest BCUT2D eigenvalue weighted by molar-refractivity contribution is 5.49. The Morgan fingerprint density at radius 3 is 2.57 bits per heavy atom. The van der Waals surface area contributed by atoms with Crippen LogP contribution in [-0.4, -0.2) is 47.0 Å². The molecule has 1 N–H and O–H groups in total. The van der Waals surface area contributed by atoms with Crippen molar-refractivity contribution in [2.45, 2.75) is 31.6 Å².